The molecule has 1 fully saturated rings. The van der Waals surface area contributed by atoms with E-state index in [0.29, 0.717) is 11.3 Å². The van der Waals surface area contributed by atoms with Crippen molar-refractivity contribution in [2.24, 2.45) is 0 Å². The van der Waals surface area contributed by atoms with Crippen molar-refractivity contribution in [3.05, 3.63) is 59.9 Å². The summed E-state index contributed by atoms with van der Waals surface area (Å²) in [4.78, 5) is 37.6. The first-order valence-electron chi connectivity index (χ1n) is 8.97. The van der Waals surface area contributed by atoms with E-state index in [1.54, 1.807) is 18.2 Å². The lowest BCUT2D eigenvalue weighted by Gasteiger charge is -2.33. The molecule has 1 N–H and O–H groups in total. The zero-order valence-corrected chi connectivity index (χ0v) is 15.9. The SMILES string of the molecule is C/C=C/C=C/C=C\C1=CC2=CC(=O)[C@](C)(OC(=O)C[C@H](C)O)C(=O)C23OC3O1. The summed E-state index contributed by atoms with van der Waals surface area (Å²) in [5.41, 5.74) is -3.07. The van der Waals surface area contributed by atoms with Crippen molar-refractivity contribution in [3.8, 4) is 0 Å². The fourth-order valence-corrected chi connectivity index (χ4v) is 3.13. The highest BCUT2D eigenvalue weighted by Gasteiger charge is 2.75. The maximum atomic E-state index is 13.0. The van der Waals surface area contributed by atoms with E-state index in [9.17, 15) is 19.5 Å². The van der Waals surface area contributed by atoms with Crippen LogP contribution in [0.5, 0.6) is 0 Å². The molecule has 0 radical (unpaired) electrons. The number of aliphatic hydroxyl groups excluding tert-OH is 1. The van der Waals surface area contributed by atoms with Crippen LogP contribution in [0.25, 0.3) is 0 Å². The number of aliphatic hydroxyl groups is 1. The van der Waals surface area contributed by atoms with E-state index in [1.807, 2.05) is 31.2 Å². The minimum Gasteiger partial charge on any atom is -0.461 e. The third kappa shape index (κ3) is 3.39. The van der Waals surface area contributed by atoms with E-state index in [-0.39, 0.29) is 6.42 Å². The van der Waals surface area contributed by atoms with Gasteiger partial charge in [0.25, 0.3) is 0 Å². The van der Waals surface area contributed by atoms with Crippen LogP contribution in [0.1, 0.15) is 27.2 Å². The normalized spacial score (nSPS) is 32.6. The van der Waals surface area contributed by atoms with E-state index >= 15 is 0 Å². The molecule has 0 saturated carbocycles. The lowest BCUT2D eigenvalue weighted by molar-refractivity contribution is -0.173. The molecule has 0 aromatic heterocycles. The van der Waals surface area contributed by atoms with Gasteiger partial charge in [0.05, 0.1) is 12.5 Å². The van der Waals surface area contributed by atoms with Crippen molar-refractivity contribution in [1.82, 2.24) is 0 Å². The van der Waals surface area contributed by atoms with Crippen LogP contribution >= 0.6 is 0 Å². The highest BCUT2D eigenvalue weighted by Crippen LogP contribution is 2.54. The molecular formula is C21H22O7. The largest absolute Gasteiger partial charge is 0.461 e. The summed E-state index contributed by atoms with van der Waals surface area (Å²) in [5, 5.41) is 9.31. The van der Waals surface area contributed by atoms with Crippen molar-refractivity contribution < 1.29 is 33.7 Å². The maximum absolute atomic E-state index is 13.0. The molecule has 1 aliphatic carbocycles. The van der Waals surface area contributed by atoms with Crippen LogP contribution in [-0.4, -0.2) is 46.2 Å². The lowest BCUT2D eigenvalue weighted by Crippen LogP contribution is -2.57. The van der Waals surface area contributed by atoms with Gasteiger partial charge in [-0.1, -0.05) is 30.4 Å². The minimum atomic E-state index is -2.01. The highest BCUT2D eigenvalue weighted by molar-refractivity contribution is 6.23. The van der Waals surface area contributed by atoms with Gasteiger partial charge in [0.1, 0.15) is 5.76 Å². The van der Waals surface area contributed by atoms with Crippen LogP contribution < -0.4 is 0 Å². The fraction of sp³-hybridized carbons (Fsp3) is 0.381. The fourth-order valence-electron chi connectivity index (χ4n) is 3.13. The Morgan fingerprint density at radius 2 is 2.00 bits per heavy atom. The molecule has 1 spiro atoms. The van der Waals surface area contributed by atoms with Crippen molar-refractivity contribution >= 4 is 17.5 Å². The monoisotopic (exact) mass is 386 g/mol. The number of carbonyl (C=O) groups is 3. The molecule has 0 amide bonds. The number of ether oxygens (including phenoxy) is 3. The summed E-state index contributed by atoms with van der Waals surface area (Å²) in [6.45, 7) is 4.56. The smallest absolute Gasteiger partial charge is 0.309 e. The van der Waals surface area contributed by atoms with Crippen LogP contribution in [0.4, 0.5) is 0 Å². The Morgan fingerprint density at radius 3 is 2.68 bits per heavy atom. The van der Waals surface area contributed by atoms with Gasteiger partial charge < -0.3 is 19.3 Å². The molecule has 1 saturated heterocycles. The average Bonchev–Trinajstić information content (AvgIpc) is 3.34. The molecule has 2 aliphatic heterocycles. The number of allylic oxidation sites excluding steroid dienone is 6. The van der Waals surface area contributed by atoms with Crippen LogP contribution in [0.15, 0.2) is 59.9 Å². The molecule has 0 aromatic carbocycles. The Kier molecular flexibility index (Phi) is 5.23. The predicted molar refractivity (Wildman–Crippen MR) is 98.8 cm³/mol. The van der Waals surface area contributed by atoms with Crippen LogP contribution in [0, 0.1) is 0 Å². The Bertz CT molecular complexity index is 858. The van der Waals surface area contributed by atoms with Gasteiger partial charge >= 0.3 is 5.97 Å². The first-order valence-corrected chi connectivity index (χ1v) is 8.97. The second-order valence-electron chi connectivity index (χ2n) is 6.97. The third-order valence-electron chi connectivity index (χ3n) is 4.63. The Balaban J connectivity index is 1.85. The van der Waals surface area contributed by atoms with Crippen LogP contribution in [0.2, 0.25) is 0 Å². The van der Waals surface area contributed by atoms with Crippen molar-refractivity contribution in [1.29, 1.82) is 0 Å². The summed E-state index contributed by atoms with van der Waals surface area (Å²) in [5.74, 6) is -1.72. The quantitative estimate of drug-likeness (QED) is 0.322. The van der Waals surface area contributed by atoms with E-state index in [0.717, 1.165) is 0 Å². The molecule has 28 heavy (non-hydrogen) atoms. The molecule has 2 heterocycles. The molecule has 7 heteroatoms. The predicted octanol–water partition coefficient (Wildman–Crippen LogP) is 1.84. The van der Waals surface area contributed by atoms with Gasteiger partial charge in [-0.05, 0) is 39.0 Å². The number of ketones is 2. The number of Topliss-reactive ketones (excluding diaryl/α,β-unsaturated/α-hetero) is 1. The molecule has 0 aromatic rings. The van der Waals surface area contributed by atoms with E-state index in [1.165, 1.54) is 19.9 Å². The Hall–Kier alpha value is -2.77. The summed E-state index contributed by atoms with van der Waals surface area (Å²) in [6.07, 6.45) is 11.5. The molecule has 148 valence electrons. The van der Waals surface area contributed by atoms with Gasteiger partial charge in [0.2, 0.25) is 29.1 Å². The summed E-state index contributed by atoms with van der Waals surface area (Å²) in [6, 6.07) is 0. The maximum Gasteiger partial charge on any atom is 0.309 e. The number of hydrogen-bond acceptors (Lipinski definition) is 7. The molecule has 3 rings (SSSR count). The van der Waals surface area contributed by atoms with Crippen molar-refractivity contribution in [2.75, 3.05) is 0 Å². The third-order valence-corrected chi connectivity index (χ3v) is 4.63. The van der Waals surface area contributed by atoms with Gasteiger partial charge in [-0.25, -0.2) is 0 Å². The zero-order valence-electron chi connectivity index (χ0n) is 15.9. The molecule has 2 unspecified atom stereocenters. The standard InChI is InChI=1S/C21H22O7/c1-4-5-6-7-8-9-15-11-14-12-16(23)20(3,27-17(24)10-13(2)22)18(25)21(14)19(26-15)28-21/h4-9,11-13,19,22H,10H2,1-3H3/b5-4+,7-6+,9-8-/t13-,19?,20-,21?/m0/s1. The summed E-state index contributed by atoms with van der Waals surface area (Å²) in [7, 11) is 0. The van der Waals surface area contributed by atoms with Crippen LogP contribution in [-0.2, 0) is 28.6 Å². The highest BCUT2D eigenvalue weighted by atomic mass is 16.8. The van der Waals surface area contributed by atoms with E-state index < -0.39 is 41.1 Å². The first-order chi connectivity index (χ1) is 13.2. The van der Waals surface area contributed by atoms with E-state index in [4.69, 9.17) is 14.2 Å². The summed E-state index contributed by atoms with van der Waals surface area (Å²) >= 11 is 0. The topological polar surface area (TPSA) is 102 Å². The first kappa shape index (κ1) is 20.0. The second kappa shape index (κ2) is 7.33. The van der Waals surface area contributed by atoms with Crippen molar-refractivity contribution in [2.45, 2.75) is 50.8 Å². The average molecular weight is 386 g/mol. The van der Waals surface area contributed by atoms with Gasteiger partial charge in [-0.15, -0.1) is 0 Å². The van der Waals surface area contributed by atoms with Gasteiger partial charge in [0, 0.05) is 5.57 Å². The number of hydrogen-bond donors (Lipinski definition) is 1. The molecule has 0 bridgehead atoms. The van der Waals surface area contributed by atoms with Gasteiger partial charge in [-0.3, -0.25) is 14.4 Å². The Labute approximate surface area is 162 Å². The number of carbonyl (C=O) groups excluding carboxylic acids is 3. The lowest BCUT2D eigenvalue weighted by atomic mass is 9.75. The minimum absolute atomic E-state index is 0.323. The van der Waals surface area contributed by atoms with Crippen LogP contribution in [0.3, 0.4) is 0 Å². The van der Waals surface area contributed by atoms with Crippen molar-refractivity contribution in [3.63, 3.8) is 0 Å². The summed E-state index contributed by atoms with van der Waals surface area (Å²) < 4.78 is 16.3. The molecule has 4 atom stereocenters. The molecular weight excluding hydrogens is 364 g/mol. The number of epoxide rings is 1. The van der Waals surface area contributed by atoms with Gasteiger partial charge in [-0.2, -0.15) is 0 Å². The van der Waals surface area contributed by atoms with E-state index in [2.05, 4.69) is 0 Å². The Morgan fingerprint density at radius 1 is 1.29 bits per heavy atom. The van der Waals surface area contributed by atoms with Gasteiger partial charge in [0.15, 0.2) is 0 Å². The molecule has 7 nitrogen and oxygen atoms in total. The number of rotatable bonds is 6. The molecule has 3 aliphatic rings. The number of esters is 1. The second-order valence-corrected chi connectivity index (χ2v) is 6.97. The zero-order chi connectivity index (χ0) is 20.5.